The van der Waals surface area contributed by atoms with E-state index in [-0.39, 0.29) is 0 Å². The Morgan fingerprint density at radius 1 is 1.33 bits per heavy atom. The lowest BCUT2D eigenvalue weighted by atomic mass is 10.3. The van der Waals surface area contributed by atoms with Crippen LogP contribution in [0, 0.1) is 0 Å². The van der Waals surface area contributed by atoms with E-state index in [1.807, 2.05) is 7.05 Å². The minimum atomic E-state index is 0.584. The van der Waals surface area contributed by atoms with Crippen LogP contribution in [0.1, 0.15) is 15.6 Å². The molecular weight excluding hydrogens is 212 g/mol. The lowest BCUT2D eigenvalue weighted by Gasteiger charge is -1.98. The molecule has 1 N–H and O–H groups in total. The number of nitrogens with zero attached hydrogens (tertiary/aromatic N) is 1. The zero-order valence-electron chi connectivity index (χ0n) is 9.50. The molecule has 0 aliphatic rings. The highest BCUT2D eigenvalue weighted by Crippen LogP contribution is 2.19. The standard InChI is InChI=1S/C10H18N2O2S/c1-11-6-9-8(7-14-3)12-10(15-9)4-5-13-2/h11H,4-7H2,1-3H3. The number of methoxy groups -OCH3 is 2. The topological polar surface area (TPSA) is 43.4 Å². The molecule has 0 saturated heterocycles. The molecule has 15 heavy (non-hydrogen) atoms. The summed E-state index contributed by atoms with van der Waals surface area (Å²) in [6, 6.07) is 0. The van der Waals surface area contributed by atoms with E-state index in [9.17, 15) is 0 Å². The second-order valence-electron chi connectivity index (χ2n) is 3.18. The Labute approximate surface area is 94.6 Å². The Morgan fingerprint density at radius 2 is 2.13 bits per heavy atom. The van der Waals surface area contributed by atoms with Gasteiger partial charge in [-0.3, -0.25) is 0 Å². The first kappa shape index (κ1) is 12.6. The van der Waals surface area contributed by atoms with Crippen LogP contribution >= 0.6 is 11.3 Å². The molecule has 0 saturated carbocycles. The fraction of sp³-hybridized carbons (Fsp3) is 0.700. The Balaban J connectivity index is 2.68. The quantitative estimate of drug-likeness (QED) is 0.764. The molecule has 0 radical (unpaired) electrons. The molecular formula is C10H18N2O2S. The van der Waals surface area contributed by atoms with Crippen molar-refractivity contribution in [1.29, 1.82) is 0 Å². The van der Waals surface area contributed by atoms with Crippen molar-refractivity contribution in [1.82, 2.24) is 10.3 Å². The smallest absolute Gasteiger partial charge is 0.0955 e. The summed E-state index contributed by atoms with van der Waals surface area (Å²) in [6.07, 6.45) is 0.877. The highest BCUT2D eigenvalue weighted by atomic mass is 32.1. The summed E-state index contributed by atoms with van der Waals surface area (Å²) in [5.74, 6) is 0. The molecule has 0 atom stereocenters. The molecule has 0 aliphatic carbocycles. The molecule has 0 bridgehead atoms. The number of aromatic nitrogens is 1. The van der Waals surface area contributed by atoms with E-state index < -0.39 is 0 Å². The first-order chi connectivity index (χ1) is 7.31. The molecule has 0 amide bonds. The molecule has 1 heterocycles. The Bertz CT molecular complexity index is 265. The van der Waals surface area contributed by atoms with Crippen molar-refractivity contribution in [3.8, 4) is 0 Å². The van der Waals surface area contributed by atoms with Crippen LogP contribution in [0.4, 0.5) is 0 Å². The van der Waals surface area contributed by atoms with Crippen molar-refractivity contribution >= 4 is 11.3 Å². The van der Waals surface area contributed by atoms with Crippen molar-refractivity contribution in [2.45, 2.75) is 19.6 Å². The van der Waals surface area contributed by atoms with Gasteiger partial charge in [0.2, 0.25) is 0 Å². The molecule has 0 spiro atoms. The molecule has 1 rings (SSSR count). The van der Waals surface area contributed by atoms with Gasteiger partial charge in [-0.15, -0.1) is 11.3 Å². The molecule has 1 aromatic heterocycles. The van der Waals surface area contributed by atoms with Crippen molar-refractivity contribution in [3.63, 3.8) is 0 Å². The van der Waals surface area contributed by atoms with Gasteiger partial charge in [-0.2, -0.15) is 0 Å². The second-order valence-corrected chi connectivity index (χ2v) is 4.35. The van der Waals surface area contributed by atoms with Crippen LogP contribution in [-0.2, 0) is 29.0 Å². The summed E-state index contributed by atoms with van der Waals surface area (Å²) in [6.45, 7) is 2.16. The predicted octanol–water partition coefficient (Wildman–Crippen LogP) is 1.20. The summed E-state index contributed by atoms with van der Waals surface area (Å²) < 4.78 is 10.2. The summed E-state index contributed by atoms with van der Waals surface area (Å²) in [7, 11) is 5.33. The van der Waals surface area contributed by atoms with Crippen molar-refractivity contribution < 1.29 is 9.47 Å². The third-order valence-corrected chi connectivity index (χ3v) is 3.12. The largest absolute Gasteiger partial charge is 0.384 e. The minimum Gasteiger partial charge on any atom is -0.384 e. The lowest BCUT2D eigenvalue weighted by Crippen LogP contribution is -2.06. The minimum absolute atomic E-state index is 0.584. The van der Waals surface area contributed by atoms with Gasteiger partial charge in [0.05, 0.1) is 23.9 Å². The van der Waals surface area contributed by atoms with Gasteiger partial charge >= 0.3 is 0 Å². The molecule has 5 heteroatoms. The number of nitrogens with one attached hydrogen (secondary N) is 1. The van der Waals surface area contributed by atoms with Gasteiger partial charge in [-0.1, -0.05) is 0 Å². The predicted molar refractivity (Wildman–Crippen MR) is 61.2 cm³/mol. The van der Waals surface area contributed by atoms with E-state index in [4.69, 9.17) is 9.47 Å². The molecule has 0 aliphatic heterocycles. The van der Waals surface area contributed by atoms with Gasteiger partial charge in [0.25, 0.3) is 0 Å². The van der Waals surface area contributed by atoms with Crippen LogP contribution in [0.3, 0.4) is 0 Å². The normalized spacial score (nSPS) is 10.9. The van der Waals surface area contributed by atoms with Crippen molar-refractivity contribution in [2.24, 2.45) is 0 Å². The van der Waals surface area contributed by atoms with Gasteiger partial charge in [0, 0.05) is 32.1 Å². The Hall–Kier alpha value is -0.490. The summed E-state index contributed by atoms with van der Waals surface area (Å²) in [5.41, 5.74) is 1.04. The van der Waals surface area contributed by atoms with E-state index >= 15 is 0 Å². The average molecular weight is 230 g/mol. The SMILES string of the molecule is CNCc1sc(CCOC)nc1COC. The first-order valence-electron chi connectivity index (χ1n) is 4.91. The monoisotopic (exact) mass is 230 g/mol. The van der Waals surface area contributed by atoms with Gasteiger partial charge in [0.15, 0.2) is 0 Å². The van der Waals surface area contributed by atoms with E-state index in [2.05, 4.69) is 10.3 Å². The molecule has 4 nitrogen and oxygen atoms in total. The fourth-order valence-electron chi connectivity index (χ4n) is 1.28. The highest BCUT2D eigenvalue weighted by Gasteiger charge is 2.09. The maximum absolute atomic E-state index is 5.12. The number of thiazole rings is 1. The van der Waals surface area contributed by atoms with Gasteiger partial charge in [-0.05, 0) is 7.05 Å². The molecule has 0 aromatic carbocycles. The first-order valence-corrected chi connectivity index (χ1v) is 5.73. The summed E-state index contributed by atoms with van der Waals surface area (Å²) in [5, 5.41) is 4.26. The molecule has 0 fully saturated rings. The van der Waals surface area contributed by atoms with Crippen molar-refractivity contribution in [3.05, 3.63) is 15.6 Å². The zero-order chi connectivity index (χ0) is 11.1. The number of hydrogen-bond donors (Lipinski definition) is 1. The van der Waals surface area contributed by atoms with E-state index in [0.717, 1.165) is 30.3 Å². The lowest BCUT2D eigenvalue weighted by molar-refractivity contribution is 0.180. The number of rotatable bonds is 7. The maximum atomic E-state index is 5.12. The van der Waals surface area contributed by atoms with Crippen LogP contribution < -0.4 is 5.32 Å². The average Bonchev–Trinajstić information content (AvgIpc) is 2.59. The van der Waals surface area contributed by atoms with Crippen LogP contribution in [-0.4, -0.2) is 32.9 Å². The van der Waals surface area contributed by atoms with E-state index in [0.29, 0.717) is 6.61 Å². The zero-order valence-corrected chi connectivity index (χ0v) is 10.3. The van der Waals surface area contributed by atoms with Gasteiger partial charge in [0.1, 0.15) is 0 Å². The summed E-state index contributed by atoms with van der Waals surface area (Å²) >= 11 is 1.73. The number of ether oxygens (including phenoxy) is 2. The Kier molecular flexibility index (Phi) is 5.78. The second kappa shape index (κ2) is 6.90. The van der Waals surface area contributed by atoms with Crippen LogP contribution in [0.25, 0.3) is 0 Å². The van der Waals surface area contributed by atoms with E-state index in [1.165, 1.54) is 4.88 Å². The van der Waals surface area contributed by atoms with E-state index in [1.54, 1.807) is 25.6 Å². The third kappa shape index (κ3) is 3.87. The van der Waals surface area contributed by atoms with Crippen LogP contribution in [0.15, 0.2) is 0 Å². The molecule has 86 valence electrons. The Morgan fingerprint density at radius 3 is 2.73 bits per heavy atom. The molecule has 1 aromatic rings. The van der Waals surface area contributed by atoms with Crippen molar-refractivity contribution in [2.75, 3.05) is 27.9 Å². The van der Waals surface area contributed by atoms with Crippen LogP contribution in [0.5, 0.6) is 0 Å². The fourth-order valence-corrected chi connectivity index (χ4v) is 2.35. The van der Waals surface area contributed by atoms with Gasteiger partial charge in [-0.25, -0.2) is 4.98 Å². The number of hydrogen-bond acceptors (Lipinski definition) is 5. The van der Waals surface area contributed by atoms with Gasteiger partial charge < -0.3 is 14.8 Å². The summed E-state index contributed by atoms with van der Waals surface area (Å²) in [4.78, 5) is 5.78. The highest BCUT2D eigenvalue weighted by molar-refractivity contribution is 7.11. The van der Waals surface area contributed by atoms with Crippen LogP contribution in [0.2, 0.25) is 0 Å². The maximum Gasteiger partial charge on any atom is 0.0955 e. The third-order valence-electron chi connectivity index (χ3n) is 1.96. The molecule has 0 unspecified atom stereocenters.